The van der Waals surface area contributed by atoms with Crippen molar-refractivity contribution in [3.63, 3.8) is 0 Å². The Morgan fingerprint density at radius 1 is 1.07 bits per heavy atom. The van der Waals surface area contributed by atoms with Gasteiger partial charge >= 0.3 is 9.05 Å². The van der Waals surface area contributed by atoms with Gasteiger partial charge in [0.1, 0.15) is 0 Å². The molecule has 1 rings (SSSR count). The van der Waals surface area contributed by atoms with E-state index in [2.05, 4.69) is 18.7 Å². The summed E-state index contributed by atoms with van der Waals surface area (Å²) in [5.41, 5.74) is 1.33. The lowest BCUT2D eigenvalue weighted by atomic mass is 10.2. The van der Waals surface area contributed by atoms with Crippen molar-refractivity contribution in [2.45, 2.75) is 6.42 Å². The van der Waals surface area contributed by atoms with Gasteiger partial charge in [-0.05, 0) is 12.0 Å². The van der Waals surface area contributed by atoms with Crippen LogP contribution in [0.5, 0.6) is 0 Å². The molecule has 1 aromatic carbocycles. The van der Waals surface area contributed by atoms with Gasteiger partial charge in [0.05, 0.1) is 0 Å². The van der Waals surface area contributed by atoms with E-state index < -0.39 is 9.05 Å². The van der Waals surface area contributed by atoms with Crippen LogP contribution < -0.4 is 0 Å². The maximum absolute atomic E-state index is 7.33. The first-order valence-corrected chi connectivity index (χ1v) is 5.76. The summed E-state index contributed by atoms with van der Waals surface area (Å²) in [6.07, 6.45) is 2.89. The van der Waals surface area contributed by atoms with Crippen LogP contribution in [-0.4, -0.2) is 28.2 Å². The number of allylic oxidation sites excluding steroid dienone is 1. The average Bonchev–Trinajstić information content (AvgIpc) is 2.03. The molecule has 1 aromatic rings. The highest BCUT2D eigenvalue weighted by Gasteiger charge is 2.22. The molecular formula is C9H16O4SSi. The maximum Gasteiger partial charge on any atom is 0.668 e. The third-order valence-electron chi connectivity index (χ3n) is 1.22. The SMILES string of the molecule is C=CCc1ccccc1.O[Si](O)(O)O.S. The molecule has 6 heteroatoms. The second-order valence-electron chi connectivity index (χ2n) is 2.58. The number of hydrogen-bond donors (Lipinski definition) is 4. The van der Waals surface area contributed by atoms with Crippen LogP contribution in [-0.2, 0) is 6.42 Å². The van der Waals surface area contributed by atoms with Crippen molar-refractivity contribution in [3.8, 4) is 0 Å². The van der Waals surface area contributed by atoms with Crippen molar-refractivity contribution in [2.24, 2.45) is 0 Å². The van der Waals surface area contributed by atoms with E-state index in [1.54, 1.807) is 0 Å². The zero-order valence-corrected chi connectivity index (χ0v) is 10.2. The molecule has 0 spiro atoms. The van der Waals surface area contributed by atoms with Crippen molar-refractivity contribution < 1.29 is 19.2 Å². The van der Waals surface area contributed by atoms with Crippen LogP contribution in [0.15, 0.2) is 43.0 Å². The number of hydrogen-bond acceptors (Lipinski definition) is 4. The summed E-state index contributed by atoms with van der Waals surface area (Å²) in [7, 11) is -4.61. The van der Waals surface area contributed by atoms with Gasteiger partial charge in [0.25, 0.3) is 0 Å². The largest absolute Gasteiger partial charge is 0.668 e. The Labute approximate surface area is 97.1 Å². The fourth-order valence-corrected chi connectivity index (χ4v) is 0.781. The lowest BCUT2D eigenvalue weighted by Gasteiger charge is -1.91. The van der Waals surface area contributed by atoms with E-state index in [1.807, 2.05) is 24.3 Å². The molecule has 0 unspecified atom stereocenters. The summed E-state index contributed by atoms with van der Waals surface area (Å²) in [6.45, 7) is 3.66. The Bertz CT molecular complexity index is 255. The molecular weight excluding hydrogens is 232 g/mol. The fraction of sp³-hybridized carbons (Fsp3) is 0.111. The Balaban J connectivity index is 0. The Hall–Kier alpha value is -0.633. The van der Waals surface area contributed by atoms with Crippen molar-refractivity contribution in [2.75, 3.05) is 0 Å². The third kappa shape index (κ3) is 16.1. The van der Waals surface area contributed by atoms with Crippen LogP contribution in [0.25, 0.3) is 0 Å². The van der Waals surface area contributed by atoms with Gasteiger partial charge < -0.3 is 19.2 Å². The first-order chi connectivity index (χ1) is 6.43. The van der Waals surface area contributed by atoms with Crippen LogP contribution in [0, 0.1) is 0 Å². The summed E-state index contributed by atoms with van der Waals surface area (Å²) in [6, 6.07) is 10.3. The molecule has 0 aromatic heterocycles. The van der Waals surface area contributed by atoms with Gasteiger partial charge in [0, 0.05) is 0 Å². The molecule has 0 saturated carbocycles. The first-order valence-electron chi connectivity index (χ1n) is 3.98. The van der Waals surface area contributed by atoms with Crippen molar-refractivity contribution >= 4 is 22.5 Å². The lowest BCUT2D eigenvalue weighted by Crippen LogP contribution is -2.33. The second-order valence-corrected chi connectivity index (χ2v) is 3.78. The molecule has 0 atom stereocenters. The molecule has 0 bridgehead atoms. The Morgan fingerprint density at radius 3 is 1.80 bits per heavy atom. The van der Waals surface area contributed by atoms with E-state index in [-0.39, 0.29) is 13.5 Å². The molecule has 0 fully saturated rings. The van der Waals surface area contributed by atoms with Crippen LogP contribution in [0.4, 0.5) is 0 Å². The van der Waals surface area contributed by atoms with E-state index in [4.69, 9.17) is 19.2 Å². The van der Waals surface area contributed by atoms with Crippen LogP contribution in [0.2, 0.25) is 0 Å². The summed E-state index contributed by atoms with van der Waals surface area (Å²) >= 11 is 0. The van der Waals surface area contributed by atoms with E-state index in [1.165, 1.54) is 5.56 Å². The monoisotopic (exact) mass is 248 g/mol. The molecule has 0 saturated heterocycles. The van der Waals surface area contributed by atoms with E-state index in [0.29, 0.717) is 0 Å². The second kappa shape index (κ2) is 8.66. The smallest absolute Gasteiger partial charge is 0.368 e. The number of benzene rings is 1. The molecule has 0 amide bonds. The minimum atomic E-state index is -4.61. The van der Waals surface area contributed by atoms with Gasteiger partial charge in [-0.2, -0.15) is 13.5 Å². The van der Waals surface area contributed by atoms with E-state index in [0.717, 1.165) is 6.42 Å². The predicted octanol–water partition coefficient (Wildman–Crippen LogP) is -0.0809. The van der Waals surface area contributed by atoms with Crippen LogP contribution >= 0.6 is 13.5 Å². The molecule has 15 heavy (non-hydrogen) atoms. The Morgan fingerprint density at radius 2 is 1.47 bits per heavy atom. The van der Waals surface area contributed by atoms with Crippen molar-refractivity contribution in [1.82, 2.24) is 0 Å². The minimum absolute atomic E-state index is 0. The standard InChI is InChI=1S/C9H10.H4O4Si.H2S/c1-2-6-9-7-4-3-5-8-9;1-5(2,3)4;/h2-5,7-8H,1,6H2;1-4H;1H2. The zero-order chi connectivity index (χ0) is 11.0. The number of rotatable bonds is 2. The van der Waals surface area contributed by atoms with Gasteiger partial charge in [-0.25, -0.2) is 0 Å². The molecule has 86 valence electrons. The highest BCUT2D eigenvalue weighted by molar-refractivity contribution is 7.59. The fourth-order valence-electron chi connectivity index (χ4n) is 0.781. The highest BCUT2D eigenvalue weighted by atomic mass is 32.1. The van der Waals surface area contributed by atoms with Gasteiger partial charge in [-0.15, -0.1) is 6.58 Å². The zero-order valence-electron chi connectivity index (χ0n) is 8.17. The molecule has 0 aliphatic carbocycles. The molecule has 0 aliphatic rings. The van der Waals surface area contributed by atoms with E-state index >= 15 is 0 Å². The molecule has 0 aliphatic heterocycles. The summed E-state index contributed by atoms with van der Waals surface area (Å²) in [4.78, 5) is 29.3. The van der Waals surface area contributed by atoms with Crippen LogP contribution in [0.3, 0.4) is 0 Å². The molecule has 4 N–H and O–H groups in total. The van der Waals surface area contributed by atoms with Crippen molar-refractivity contribution in [1.29, 1.82) is 0 Å². The lowest BCUT2D eigenvalue weighted by molar-refractivity contribution is 0.117. The first kappa shape index (κ1) is 16.8. The summed E-state index contributed by atoms with van der Waals surface area (Å²) in [5, 5.41) is 0. The van der Waals surface area contributed by atoms with Gasteiger partial charge in [-0.1, -0.05) is 36.4 Å². The van der Waals surface area contributed by atoms with Crippen LogP contribution in [0.1, 0.15) is 5.56 Å². The van der Waals surface area contributed by atoms with Gasteiger partial charge in [0.15, 0.2) is 0 Å². The summed E-state index contributed by atoms with van der Waals surface area (Å²) in [5.74, 6) is 0. The third-order valence-corrected chi connectivity index (χ3v) is 1.22. The minimum Gasteiger partial charge on any atom is -0.368 e. The normalized spacial score (nSPS) is 9.33. The molecule has 4 nitrogen and oxygen atoms in total. The van der Waals surface area contributed by atoms with E-state index in [9.17, 15) is 0 Å². The maximum atomic E-state index is 7.33. The quantitative estimate of drug-likeness (QED) is 0.436. The van der Waals surface area contributed by atoms with Crippen molar-refractivity contribution in [3.05, 3.63) is 48.6 Å². The molecule has 0 radical (unpaired) electrons. The topological polar surface area (TPSA) is 80.9 Å². The Kier molecular flexibility index (Phi) is 9.69. The predicted molar refractivity (Wildman–Crippen MR) is 65.4 cm³/mol. The van der Waals surface area contributed by atoms with Gasteiger partial charge in [-0.3, -0.25) is 0 Å². The molecule has 0 heterocycles. The average molecular weight is 248 g/mol. The summed E-state index contributed by atoms with van der Waals surface area (Å²) < 4.78 is 0. The highest BCUT2D eigenvalue weighted by Crippen LogP contribution is 1.98. The van der Waals surface area contributed by atoms with Gasteiger partial charge in [0.2, 0.25) is 0 Å².